The minimum atomic E-state index is -0.223. The minimum absolute atomic E-state index is 0.223. The first kappa shape index (κ1) is 15.6. The molecule has 0 aromatic rings. The van der Waals surface area contributed by atoms with E-state index in [1.807, 2.05) is 25.6 Å². The highest BCUT2D eigenvalue weighted by atomic mass is 32.2. The third kappa shape index (κ3) is 6.23. The van der Waals surface area contributed by atoms with Crippen molar-refractivity contribution in [3.8, 4) is 0 Å². The fourth-order valence-corrected chi connectivity index (χ4v) is 2.07. The number of nitrogens with one attached hydrogen (secondary N) is 1. The first-order chi connectivity index (χ1) is 7.44. The van der Waals surface area contributed by atoms with Crippen LogP contribution in [0.5, 0.6) is 0 Å². The molecule has 4 nitrogen and oxygen atoms in total. The monoisotopic (exact) mass is 247 g/mol. The van der Waals surface area contributed by atoms with Crippen LogP contribution >= 0.6 is 11.8 Å². The molecule has 1 unspecified atom stereocenters. The van der Waals surface area contributed by atoms with E-state index in [0.29, 0.717) is 11.9 Å². The number of amidine groups is 1. The smallest absolute Gasteiger partial charge is 0.144 e. The maximum Gasteiger partial charge on any atom is 0.144 e. The Bertz CT molecular complexity index is 219. The number of nitrogens with two attached hydrogens (primary N) is 1. The summed E-state index contributed by atoms with van der Waals surface area (Å²) < 4.78 is 0. The molecule has 0 radical (unpaired) electrons. The standard InChI is InChI=1S/C11H25N3OS/c1-9(8-16-4)13-7-5-6-11(2,3)10(12)14-15/h9,13,15H,5-8H2,1-4H3,(H2,12,14). The Morgan fingerprint density at radius 3 is 2.69 bits per heavy atom. The van der Waals surface area contributed by atoms with Gasteiger partial charge in [-0.15, -0.1) is 0 Å². The molecule has 0 aliphatic rings. The molecular weight excluding hydrogens is 222 g/mol. The van der Waals surface area contributed by atoms with Crippen LogP contribution in [0, 0.1) is 5.41 Å². The quantitative estimate of drug-likeness (QED) is 0.201. The van der Waals surface area contributed by atoms with Gasteiger partial charge in [0, 0.05) is 17.2 Å². The van der Waals surface area contributed by atoms with Crippen LogP contribution in [0.25, 0.3) is 0 Å². The molecule has 96 valence electrons. The Kier molecular flexibility index (Phi) is 7.58. The lowest BCUT2D eigenvalue weighted by atomic mass is 9.86. The normalized spacial score (nSPS) is 15.1. The molecule has 0 spiro atoms. The molecule has 5 heteroatoms. The van der Waals surface area contributed by atoms with Crippen molar-refractivity contribution in [1.82, 2.24) is 5.32 Å². The van der Waals surface area contributed by atoms with Gasteiger partial charge in [-0.2, -0.15) is 11.8 Å². The molecule has 0 heterocycles. The van der Waals surface area contributed by atoms with Crippen molar-refractivity contribution >= 4 is 17.6 Å². The number of hydrogen-bond acceptors (Lipinski definition) is 4. The van der Waals surface area contributed by atoms with Crippen LogP contribution in [-0.2, 0) is 0 Å². The Morgan fingerprint density at radius 1 is 1.56 bits per heavy atom. The van der Waals surface area contributed by atoms with Gasteiger partial charge in [0.2, 0.25) is 0 Å². The number of oxime groups is 1. The Hall–Kier alpha value is -0.420. The maximum absolute atomic E-state index is 8.63. The lowest BCUT2D eigenvalue weighted by molar-refractivity contribution is 0.304. The van der Waals surface area contributed by atoms with E-state index in [4.69, 9.17) is 10.9 Å². The average molecular weight is 247 g/mol. The van der Waals surface area contributed by atoms with Gasteiger partial charge in [0.1, 0.15) is 5.84 Å². The molecule has 0 bridgehead atoms. The van der Waals surface area contributed by atoms with Crippen LogP contribution in [0.1, 0.15) is 33.6 Å². The summed E-state index contributed by atoms with van der Waals surface area (Å²) in [5, 5.41) is 15.2. The molecule has 4 N–H and O–H groups in total. The number of thioether (sulfide) groups is 1. The third-order valence-electron chi connectivity index (χ3n) is 2.69. The van der Waals surface area contributed by atoms with E-state index >= 15 is 0 Å². The highest BCUT2D eigenvalue weighted by Crippen LogP contribution is 2.21. The van der Waals surface area contributed by atoms with Crippen molar-refractivity contribution in [1.29, 1.82) is 0 Å². The SMILES string of the molecule is CSCC(C)NCCCC(C)(C)C(N)=NO. The number of hydrogen-bond donors (Lipinski definition) is 3. The second-order valence-corrected chi connectivity index (χ2v) is 5.69. The van der Waals surface area contributed by atoms with Crippen molar-refractivity contribution in [2.45, 2.75) is 39.7 Å². The van der Waals surface area contributed by atoms with Gasteiger partial charge in [-0.05, 0) is 32.6 Å². The summed E-state index contributed by atoms with van der Waals surface area (Å²) in [4.78, 5) is 0. The lowest BCUT2D eigenvalue weighted by Gasteiger charge is -2.23. The molecule has 0 saturated heterocycles. The van der Waals surface area contributed by atoms with Crippen LogP contribution < -0.4 is 11.1 Å². The van der Waals surface area contributed by atoms with Crippen molar-refractivity contribution < 1.29 is 5.21 Å². The van der Waals surface area contributed by atoms with Crippen LogP contribution in [0.2, 0.25) is 0 Å². The zero-order chi connectivity index (χ0) is 12.6. The van der Waals surface area contributed by atoms with E-state index in [-0.39, 0.29) is 5.41 Å². The van der Waals surface area contributed by atoms with Gasteiger partial charge < -0.3 is 16.3 Å². The molecule has 0 aromatic heterocycles. The Balaban J connectivity index is 3.74. The molecule has 1 atom stereocenters. The maximum atomic E-state index is 8.63. The number of nitrogens with zero attached hydrogens (tertiary/aromatic N) is 1. The minimum Gasteiger partial charge on any atom is -0.409 e. The van der Waals surface area contributed by atoms with Crippen molar-refractivity contribution in [2.75, 3.05) is 18.6 Å². The van der Waals surface area contributed by atoms with Crippen LogP contribution in [0.15, 0.2) is 5.16 Å². The van der Waals surface area contributed by atoms with E-state index in [0.717, 1.165) is 25.1 Å². The third-order valence-corrected chi connectivity index (χ3v) is 3.52. The zero-order valence-corrected chi connectivity index (χ0v) is 11.6. The molecule has 0 fully saturated rings. The Morgan fingerprint density at radius 2 is 2.19 bits per heavy atom. The molecule has 0 amide bonds. The predicted octanol–water partition coefficient (Wildman–Crippen LogP) is 1.88. The van der Waals surface area contributed by atoms with E-state index in [9.17, 15) is 0 Å². The van der Waals surface area contributed by atoms with Crippen molar-refractivity contribution in [2.24, 2.45) is 16.3 Å². The van der Waals surface area contributed by atoms with Crippen molar-refractivity contribution in [3.63, 3.8) is 0 Å². The Labute approximate surface area is 103 Å². The van der Waals surface area contributed by atoms with Gasteiger partial charge in [-0.25, -0.2) is 0 Å². The second-order valence-electron chi connectivity index (χ2n) is 4.78. The highest BCUT2D eigenvalue weighted by Gasteiger charge is 2.22. The van der Waals surface area contributed by atoms with Crippen LogP contribution in [-0.4, -0.2) is 35.6 Å². The lowest BCUT2D eigenvalue weighted by Crippen LogP contribution is -2.34. The molecule has 0 saturated carbocycles. The molecule has 16 heavy (non-hydrogen) atoms. The van der Waals surface area contributed by atoms with Gasteiger partial charge >= 0.3 is 0 Å². The second kappa shape index (κ2) is 7.79. The molecule has 0 rings (SSSR count). The topological polar surface area (TPSA) is 70.6 Å². The molecule has 0 aromatic carbocycles. The summed E-state index contributed by atoms with van der Waals surface area (Å²) in [6.07, 6.45) is 4.06. The first-order valence-electron chi connectivity index (χ1n) is 5.64. The van der Waals surface area contributed by atoms with Gasteiger partial charge in [-0.3, -0.25) is 0 Å². The fourth-order valence-electron chi connectivity index (χ4n) is 1.45. The van der Waals surface area contributed by atoms with Crippen LogP contribution in [0.4, 0.5) is 0 Å². The van der Waals surface area contributed by atoms with Gasteiger partial charge in [-0.1, -0.05) is 19.0 Å². The van der Waals surface area contributed by atoms with E-state index < -0.39 is 0 Å². The molecule has 0 aliphatic carbocycles. The van der Waals surface area contributed by atoms with E-state index in [1.54, 1.807) is 0 Å². The first-order valence-corrected chi connectivity index (χ1v) is 7.03. The summed E-state index contributed by atoms with van der Waals surface area (Å²) in [5.41, 5.74) is 5.39. The van der Waals surface area contributed by atoms with Crippen LogP contribution in [0.3, 0.4) is 0 Å². The summed E-state index contributed by atoms with van der Waals surface area (Å²) in [6, 6.07) is 0.543. The van der Waals surface area contributed by atoms with E-state index in [2.05, 4.69) is 23.7 Å². The van der Waals surface area contributed by atoms with Crippen molar-refractivity contribution in [3.05, 3.63) is 0 Å². The largest absolute Gasteiger partial charge is 0.409 e. The highest BCUT2D eigenvalue weighted by molar-refractivity contribution is 7.98. The fraction of sp³-hybridized carbons (Fsp3) is 0.909. The zero-order valence-electron chi connectivity index (χ0n) is 10.8. The van der Waals surface area contributed by atoms with Gasteiger partial charge in [0.05, 0.1) is 0 Å². The van der Waals surface area contributed by atoms with E-state index in [1.165, 1.54) is 0 Å². The summed E-state index contributed by atoms with van der Waals surface area (Å²) in [7, 11) is 0. The average Bonchev–Trinajstić information content (AvgIpc) is 2.23. The van der Waals surface area contributed by atoms with Gasteiger partial charge in [0.25, 0.3) is 0 Å². The predicted molar refractivity (Wildman–Crippen MR) is 72.3 cm³/mol. The van der Waals surface area contributed by atoms with Gasteiger partial charge in [0.15, 0.2) is 0 Å². The summed E-state index contributed by atoms with van der Waals surface area (Å²) in [6.45, 7) is 7.15. The molecular formula is C11H25N3OS. The summed E-state index contributed by atoms with van der Waals surface area (Å²) >= 11 is 1.85. The molecule has 0 aliphatic heterocycles. The number of rotatable bonds is 8. The summed E-state index contributed by atoms with van der Waals surface area (Å²) in [5.74, 6) is 1.44.